The molecule has 2 nitrogen and oxygen atoms in total. The quantitative estimate of drug-likeness (QED) is 0.709. The molecular formula is C11H14N2S. The summed E-state index contributed by atoms with van der Waals surface area (Å²) in [6.45, 7) is 4.39. The fourth-order valence-electron chi connectivity index (χ4n) is 1.61. The zero-order valence-electron chi connectivity index (χ0n) is 8.66. The number of nitrogens with one attached hydrogen (secondary N) is 1. The standard InChI is InChI=1S/C11H14N2S/c1-7(2)8-4-5-10-9(6-8)12-11(14)13(10)3/h4-7H,1-3H3,(H,12,14). The molecule has 74 valence electrons. The Morgan fingerprint density at radius 2 is 2.07 bits per heavy atom. The number of hydrogen-bond donors (Lipinski definition) is 1. The minimum atomic E-state index is 0.557. The van der Waals surface area contributed by atoms with Crippen LogP contribution in [0, 0.1) is 4.77 Å². The largest absolute Gasteiger partial charge is 0.331 e. The van der Waals surface area contributed by atoms with Crippen molar-refractivity contribution in [2.75, 3.05) is 0 Å². The summed E-state index contributed by atoms with van der Waals surface area (Å²) in [6.07, 6.45) is 0. The zero-order chi connectivity index (χ0) is 10.3. The molecule has 0 saturated heterocycles. The van der Waals surface area contributed by atoms with Crippen molar-refractivity contribution < 1.29 is 0 Å². The third kappa shape index (κ3) is 1.38. The van der Waals surface area contributed by atoms with Gasteiger partial charge in [-0.3, -0.25) is 0 Å². The number of benzene rings is 1. The Morgan fingerprint density at radius 1 is 1.36 bits per heavy atom. The van der Waals surface area contributed by atoms with Gasteiger partial charge >= 0.3 is 0 Å². The summed E-state index contributed by atoms with van der Waals surface area (Å²) >= 11 is 5.17. The summed E-state index contributed by atoms with van der Waals surface area (Å²) in [5.41, 5.74) is 3.64. The first kappa shape index (κ1) is 9.46. The van der Waals surface area contributed by atoms with Crippen LogP contribution in [0.15, 0.2) is 18.2 Å². The fraction of sp³-hybridized carbons (Fsp3) is 0.364. The molecule has 0 aliphatic heterocycles. The van der Waals surface area contributed by atoms with E-state index in [0.29, 0.717) is 5.92 Å². The molecule has 0 aliphatic carbocycles. The fourth-order valence-corrected chi connectivity index (χ4v) is 1.82. The van der Waals surface area contributed by atoms with E-state index in [1.54, 1.807) is 0 Å². The van der Waals surface area contributed by atoms with E-state index in [9.17, 15) is 0 Å². The summed E-state index contributed by atoms with van der Waals surface area (Å²) in [5, 5.41) is 0. The average Bonchev–Trinajstić information content (AvgIpc) is 2.42. The molecule has 1 N–H and O–H groups in total. The Hall–Kier alpha value is -1.09. The SMILES string of the molecule is CC(C)c1ccc2c(c1)[nH]c(=S)n2C. The number of fused-ring (bicyclic) bond motifs is 1. The second kappa shape index (κ2) is 3.24. The van der Waals surface area contributed by atoms with Gasteiger partial charge in [0.05, 0.1) is 11.0 Å². The number of rotatable bonds is 1. The maximum absolute atomic E-state index is 5.17. The number of imidazole rings is 1. The molecule has 0 bridgehead atoms. The zero-order valence-corrected chi connectivity index (χ0v) is 9.48. The van der Waals surface area contributed by atoms with Crippen molar-refractivity contribution in [2.45, 2.75) is 19.8 Å². The highest BCUT2D eigenvalue weighted by atomic mass is 32.1. The van der Waals surface area contributed by atoms with E-state index in [1.807, 2.05) is 11.6 Å². The third-order valence-corrected chi connectivity index (χ3v) is 2.97. The van der Waals surface area contributed by atoms with Crippen molar-refractivity contribution in [3.63, 3.8) is 0 Å². The summed E-state index contributed by atoms with van der Waals surface area (Å²) in [7, 11) is 1.98. The van der Waals surface area contributed by atoms with E-state index in [1.165, 1.54) is 11.1 Å². The van der Waals surface area contributed by atoms with E-state index in [2.05, 4.69) is 37.0 Å². The monoisotopic (exact) mass is 206 g/mol. The first-order chi connectivity index (χ1) is 6.59. The first-order valence-corrected chi connectivity index (χ1v) is 5.19. The normalized spacial score (nSPS) is 11.4. The lowest BCUT2D eigenvalue weighted by atomic mass is 10.0. The Labute approximate surface area is 88.6 Å². The van der Waals surface area contributed by atoms with Crippen molar-refractivity contribution in [1.29, 1.82) is 0 Å². The van der Waals surface area contributed by atoms with Gasteiger partial charge in [0.25, 0.3) is 0 Å². The van der Waals surface area contributed by atoms with Crippen LogP contribution in [-0.4, -0.2) is 9.55 Å². The molecule has 14 heavy (non-hydrogen) atoms. The van der Waals surface area contributed by atoms with Crippen LogP contribution in [0.4, 0.5) is 0 Å². The lowest BCUT2D eigenvalue weighted by Crippen LogP contribution is -1.88. The number of aryl methyl sites for hydroxylation is 1. The minimum absolute atomic E-state index is 0.557. The van der Waals surface area contributed by atoms with Crippen LogP contribution in [-0.2, 0) is 7.05 Å². The van der Waals surface area contributed by atoms with E-state index < -0.39 is 0 Å². The van der Waals surface area contributed by atoms with Crippen LogP contribution >= 0.6 is 12.2 Å². The van der Waals surface area contributed by atoms with Crippen LogP contribution in [0.3, 0.4) is 0 Å². The molecule has 0 fully saturated rings. The molecule has 0 spiro atoms. The van der Waals surface area contributed by atoms with Gasteiger partial charge in [-0.15, -0.1) is 0 Å². The highest BCUT2D eigenvalue weighted by Crippen LogP contribution is 2.20. The molecule has 2 rings (SSSR count). The average molecular weight is 206 g/mol. The van der Waals surface area contributed by atoms with Gasteiger partial charge in [0.2, 0.25) is 0 Å². The van der Waals surface area contributed by atoms with Crippen molar-refractivity contribution in [3.05, 3.63) is 28.5 Å². The molecule has 0 saturated carbocycles. The Morgan fingerprint density at radius 3 is 2.71 bits per heavy atom. The van der Waals surface area contributed by atoms with Gasteiger partial charge < -0.3 is 9.55 Å². The topological polar surface area (TPSA) is 20.7 Å². The third-order valence-electron chi connectivity index (χ3n) is 2.59. The first-order valence-electron chi connectivity index (χ1n) is 4.78. The van der Waals surface area contributed by atoms with E-state index in [0.717, 1.165) is 10.3 Å². The van der Waals surface area contributed by atoms with Gasteiger partial charge in [-0.1, -0.05) is 19.9 Å². The number of H-pyrrole nitrogens is 1. The van der Waals surface area contributed by atoms with Crippen molar-refractivity contribution in [1.82, 2.24) is 9.55 Å². The van der Waals surface area contributed by atoms with Gasteiger partial charge in [0, 0.05) is 7.05 Å². The molecule has 0 amide bonds. The molecule has 1 heterocycles. The van der Waals surface area contributed by atoms with Crippen molar-refractivity contribution in [3.8, 4) is 0 Å². The molecule has 0 aliphatic rings. The van der Waals surface area contributed by atoms with Crippen LogP contribution in [0.5, 0.6) is 0 Å². The summed E-state index contributed by atoms with van der Waals surface area (Å²) in [5.74, 6) is 0.557. The molecule has 3 heteroatoms. The second-order valence-electron chi connectivity index (χ2n) is 3.92. The molecule has 1 aromatic carbocycles. The van der Waals surface area contributed by atoms with Crippen LogP contribution in [0.1, 0.15) is 25.3 Å². The molecule has 1 aromatic heterocycles. The predicted molar refractivity (Wildman–Crippen MR) is 62.2 cm³/mol. The number of nitrogens with zero attached hydrogens (tertiary/aromatic N) is 1. The Bertz CT molecular complexity index is 520. The van der Waals surface area contributed by atoms with Crippen molar-refractivity contribution >= 4 is 23.3 Å². The van der Waals surface area contributed by atoms with Gasteiger partial charge in [-0.25, -0.2) is 0 Å². The van der Waals surface area contributed by atoms with Crippen LogP contribution in [0.2, 0.25) is 0 Å². The van der Waals surface area contributed by atoms with Gasteiger partial charge in [-0.2, -0.15) is 0 Å². The van der Waals surface area contributed by atoms with Crippen LogP contribution in [0.25, 0.3) is 11.0 Å². The number of aromatic nitrogens is 2. The minimum Gasteiger partial charge on any atom is -0.331 e. The van der Waals surface area contributed by atoms with E-state index >= 15 is 0 Å². The Balaban J connectivity index is 2.73. The highest BCUT2D eigenvalue weighted by Gasteiger charge is 2.03. The molecule has 2 aromatic rings. The van der Waals surface area contributed by atoms with E-state index in [4.69, 9.17) is 12.2 Å². The van der Waals surface area contributed by atoms with Crippen LogP contribution < -0.4 is 0 Å². The van der Waals surface area contributed by atoms with Crippen molar-refractivity contribution in [2.24, 2.45) is 7.05 Å². The maximum atomic E-state index is 5.17. The lowest BCUT2D eigenvalue weighted by molar-refractivity contribution is 0.868. The second-order valence-corrected chi connectivity index (χ2v) is 4.31. The number of hydrogen-bond acceptors (Lipinski definition) is 1. The molecule has 0 atom stereocenters. The molecule has 0 radical (unpaired) electrons. The van der Waals surface area contributed by atoms with Gasteiger partial charge in [0.1, 0.15) is 0 Å². The number of aromatic amines is 1. The molecule has 0 unspecified atom stereocenters. The van der Waals surface area contributed by atoms with Gasteiger partial charge in [-0.05, 0) is 35.8 Å². The Kier molecular flexibility index (Phi) is 2.19. The van der Waals surface area contributed by atoms with E-state index in [-0.39, 0.29) is 0 Å². The lowest BCUT2D eigenvalue weighted by Gasteiger charge is -2.04. The smallest absolute Gasteiger partial charge is 0.177 e. The highest BCUT2D eigenvalue weighted by molar-refractivity contribution is 7.71. The van der Waals surface area contributed by atoms with Gasteiger partial charge in [0.15, 0.2) is 4.77 Å². The molecular weight excluding hydrogens is 192 g/mol. The summed E-state index contributed by atoms with van der Waals surface area (Å²) in [6, 6.07) is 6.46. The maximum Gasteiger partial charge on any atom is 0.177 e. The predicted octanol–water partition coefficient (Wildman–Crippen LogP) is 3.36. The summed E-state index contributed by atoms with van der Waals surface area (Å²) in [4.78, 5) is 3.20. The summed E-state index contributed by atoms with van der Waals surface area (Å²) < 4.78 is 2.77.